The van der Waals surface area contributed by atoms with Crippen LogP contribution in [0.3, 0.4) is 0 Å². The average molecular weight is 254 g/mol. The fourth-order valence-corrected chi connectivity index (χ4v) is 3.96. The summed E-state index contributed by atoms with van der Waals surface area (Å²) < 4.78 is 32.0. The van der Waals surface area contributed by atoms with Crippen molar-refractivity contribution in [2.75, 3.05) is 18.6 Å². The summed E-state index contributed by atoms with van der Waals surface area (Å²) in [7, 11) is -1.87. The Morgan fingerprint density at radius 1 is 1.47 bits per heavy atom. The highest BCUT2D eigenvalue weighted by Crippen LogP contribution is 2.37. The Bertz CT molecular complexity index is 556. The van der Waals surface area contributed by atoms with Gasteiger partial charge in [-0.15, -0.1) is 0 Å². The summed E-state index contributed by atoms with van der Waals surface area (Å²) in [6.07, 6.45) is 1.80. The van der Waals surface area contributed by atoms with Gasteiger partial charge in [-0.25, -0.2) is 8.42 Å². The molecule has 1 atom stereocenters. The number of benzene rings is 1. The molecule has 1 aromatic rings. The first kappa shape index (κ1) is 10.9. The monoisotopic (exact) mass is 254 g/mol. The molecule has 0 aliphatic carbocycles. The van der Waals surface area contributed by atoms with Crippen LogP contribution in [-0.4, -0.2) is 28.2 Å². The standard InChI is InChI=1S/C11H14N2O3S/c1-16-8-4-5-9-10(7-8)17(14,15)12-11-3-2-6-13(9)11/h4-5,7,11-12H,2-3,6H2,1H3. The van der Waals surface area contributed by atoms with Crippen LogP contribution in [0.15, 0.2) is 23.1 Å². The van der Waals surface area contributed by atoms with E-state index in [9.17, 15) is 8.42 Å². The summed E-state index contributed by atoms with van der Waals surface area (Å²) in [5.74, 6) is 0.562. The third-order valence-electron chi connectivity index (χ3n) is 3.31. The summed E-state index contributed by atoms with van der Waals surface area (Å²) in [6.45, 7) is 0.895. The number of nitrogens with zero attached hydrogens (tertiary/aromatic N) is 1. The lowest BCUT2D eigenvalue weighted by atomic mass is 10.2. The number of methoxy groups -OCH3 is 1. The van der Waals surface area contributed by atoms with Gasteiger partial charge in [-0.1, -0.05) is 0 Å². The van der Waals surface area contributed by atoms with E-state index in [1.54, 1.807) is 12.1 Å². The molecule has 0 radical (unpaired) electrons. The number of sulfonamides is 1. The minimum atomic E-state index is -3.40. The smallest absolute Gasteiger partial charge is 0.244 e. The SMILES string of the molecule is COc1ccc2c(c1)S(=O)(=O)NC1CCCN21. The van der Waals surface area contributed by atoms with Crippen molar-refractivity contribution in [2.45, 2.75) is 23.9 Å². The molecular weight excluding hydrogens is 240 g/mol. The maximum atomic E-state index is 12.1. The van der Waals surface area contributed by atoms with Gasteiger partial charge in [0.05, 0.1) is 19.0 Å². The minimum Gasteiger partial charge on any atom is -0.497 e. The van der Waals surface area contributed by atoms with E-state index in [1.165, 1.54) is 7.11 Å². The Morgan fingerprint density at radius 2 is 2.29 bits per heavy atom. The molecule has 1 fully saturated rings. The summed E-state index contributed by atoms with van der Waals surface area (Å²) in [5.41, 5.74) is 0.784. The third kappa shape index (κ3) is 1.59. The topological polar surface area (TPSA) is 58.6 Å². The van der Waals surface area contributed by atoms with Gasteiger partial charge in [-0.05, 0) is 25.0 Å². The van der Waals surface area contributed by atoms with Gasteiger partial charge in [-0.3, -0.25) is 0 Å². The molecule has 0 amide bonds. The first-order valence-corrected chi connectivity index (χ1v) is 7.07. The molecular formula is C11H14N2O3S. The first-order valence-electron chi connectivity index (χ1n) is 5.59. The zero-order valence-corrected chi connectivity index (χ0v) is 10.3. The summed E-state index contributed by atoms with van der Waals surface area (Å²) in [6, 6.07) is 5.20. The summed E-state index contributed by atoms with van der Waals surface area (Å²) in [5, 5.41) is 0. The molecule has 0 spiro atoms. The Balaban J connectivity index is 2.19. The fourth-order valence-electron chi connectivity index (χ4n) is 2.49. The minimum absolute atomic E-state index is 0.0825. The number of ether oxygens (including phenoxy) is 1. The average Bonchev–Trinajstić information content (AvgIpc) is 2.75. The van der Waals surface area contributed by atoms with E-state index >= 15 is 0 Å². The van der Waals surface area contributed by atoms with Crippen LogP contribution in [0.1, 0.15) is 12.8 Å². The van der Waals surface area contributed by atoms with E-state index in [2.05, 4.69) is 9.62 Å². The van der Waals surface area contributed by atoms with Crippen molar-refractivity contribution < 1.29 is 13.2 Å². The van der Waals surface area contributed by atoms with Crippen molar-refractivity contribution in [3.8, 4) is 5.75 Å². The highest BCUT2D eigenvalue weighted by atomic mass is 32.2. The molecule has 1 aromatic carbocycles. The summed E-state index contributed by atoms with van der Waals surface area (Å²) >= 11 is 0. The molecule has 2 heterocycles. The van der Waals surface area contributed by atoms with E-state index in [1.807, 2.05) is 6.07 Å². The highest BCUT2D eigenvalue weighted by Gasteiger charge is 2.37. The summed E-state index contributed by atoms with van der Waals surface area (Å²) in [4.78, 5) is 2.42. The first-order chi connectivity index (χ1) is 8.12. The lowest BCUT2D eigenvalue weighted by molar-refractivity contribution is 0.413. The molecule has 5 nitrogen and oxygen atoms in total. The number of nitrogens with one attached hydrogen (secondary N) is 1. The van der Waals surface area contributed by atoms with E-state index in [0.717, 1.165) is 25.1 Å². The zero-order valence-electron chi connectivity index (χ0n) is 9.51. The van der Waals surface area contributed by atoms with E-state index in [-0.39, 0.29) is 6.17 Å². The Morgan fingerprint density at radius 3 is 3.06 bits per heavy atom. The molecule has 1 unspecified atom stereocenters. The van der Waals surface area contributed by atoms with Gasteiger partial charge < -0.3 is 9.64 Å². The van der Waals surface area contributed by atoms with Crippen molar-refractivity contribution in [3.05, 3.63) is 18.2 Å². The Kier molecular flexibility index (Phi) is 2.31. The fraction of sp³-hybridized carbons (Fsp3) is 0.455. The van der Waals surface area contributed by atoms with Gasteiger partial charge in [0.25, 0.3) is 0 Å². The number of hydrogen-bond donors (Lipinski definition) is 1. The maximum absolute atomic E-state index is 12.1. The highest BCUT2D eigenvalue weighted by molar-refractivity contribution is 7.89. The molecule has 1 N–H and O–H groups in total. The van der Waals surface area contributed by atoms with Crippen LogP contribution in [0.25, 0.3) is 0 Å². The molecule has 6 heteroatoms. The number of rotatable bonds is 1. The van der Waals surface area contributed by atoms with E-state index in [0.29, 0.717) is 10.6 Å². The number of fused-ring (bicyclic) bond motifs is 3. The van der Waals surface area contributed by atoms with Crippen LogP contribution in [0.4, 0.5) is 5.69 Å². The van der Waals surface area contributed by atoms with Crippen molar-refractivity contribution in [1.82, 2.24) is 4.72 Å². The predicted octanol–water partition coefficient (Wildman–Crippen LogP) is 0.913. The van der Waals surface area contributed by atoms with Crippen LogP contribution >= 0.6 is 0 Å². The van der Waals surface area contributed by atoms with Crippen molar-refractivity contribution >= 4 is 15.7 Å². The lowest BCUT2D eigenvalue weighted by Gasteiger charge is -2.33. The van der Waals surface area contributed by atoms with Gasteiger partial charge in [-0.2, -0.15) is 4.72 Å². The van der Waals surface area contributed by atoms with Gasteiger partial charge in [0.15, 0.2) is 0 Å². The molecule has 1 saturated heterocycles. The van der Waals surface area contributed by atoms with Crippen molar-refractivity contribution in [2.24, 2.45) is 0 Å². The van der Waals surface area contributed by atoms with Crippen LogP contribution in [0.5, 0.6) is 5.75 Å². The molecule has 0 aromatic heterocycles. The van der Waals surface area contributed by atoms with Crippen LogP contribution < -0.4 is 14.4 Å². The quantitative estimate of drug-likeness (QED) is 0.809. The van der Waals surface area contributed by atoms with Gasteiger partial charge >= 0.3 is 0 Å². The molecule has 3 rings (SSSR count). The third-order valence-corrected chi connectivity index (χ3v) is 4.80. The van der Waals surface area contributed by atoms with E-state index < -0.39 is 10.0 Å². The molecule has 2 aliphatic heterocycles. The molecule has 92 valence electrons. The second kappa shape index (κ2) is 3.61. The number of anilines is 1. The van der Waals surface area contributed by atoms with Crippen LogP contribution in [-0.2, 0) is 10.0 Å². The second-order valence-electron chi connectivity index (χ2n) is 4.31. The Hall–Kier alpha value is -1.27. The van der Waals surface area contributed by atoms with Crippen LogP contribution in [0.2, 0.25) is 0 Å². The molecule has 0 saturated carbocycles. The lowest BCUT2D eigenvalue weighted by Crippen LogP contribution is -2.48. The zero-order chi connectivity index (χ0) is 12.0. The van der Waals surface area contributed by atoms with Crippen molar-refractivity contribution in [1.29, 1.82) is 0 Å². The predicted molar refractivity (Wildman–Crippen MR) is 63.7 cm³/mol. The van der Waals surface area contributed by atoms with Gasteiger partial charge in [0.1, 0.15) is 10.6 Å². The molecule has 0 bridgehead atoms. The van der Waals surface area contributed by atoms with E-state index in [4.69, 9.17) is 4.74 Å². The molecule has 17 heavy (non-hydrogen) atoms. The Labute approximate surface area is 100 Å². The second-order valence-corrected chi connectivity index (χ2v) is 5.99. The van der Waals surface area contributed by atoms with Crippen LogP contribution in [0, 0.1) is 0 Å². The normalized spacial score (nSPS) is 25.2. The number of hydrogen-bond acceptors (Lipinski definition) is 4. The van der Waals surface area contributed by atoms with Gasteiger partial charge in [0, 0.05) is 12.6 Å². The molecule has 2 aliphatic rings. The maximum Gasteiger partial charge on any atom is 0.244 e. The van der Waals surface area contributed by atoms with Crippen molar-refractivity contribution in [3.63, 3.8) is 0 Å². The van der Waals surface area contributed by atoms with Gasteiger partial charge in [0.2, 0.25) is 10.0 Å². The largest absolute Gasteiger partial charge is 0.497 e.